The van der Waals surface area contributed by atoms with Crippen LogP contribution in [0, 0.1) is 0 Å². The van der Waals surface area contributed by atoms with E-state index in [-0.39, 0.29) is 17.9 Å². The van der Waals surface area contributed by atoms with Crippen LogP contribution in [0.4, 0.5) is 5.69 Å². The highest BCUT2D eigenvalue weighted by Crippen LogP contribution is 2.49. The summed E-state index contributed by atoms with van der Waals surface area (Å²) in [4.78, 5) is 29.9. The third kappa shape index (κ3) is 3.12. The minimum Gasteiger partial charge on any atom is -0.383 e. The van der Waals surface area contributed by atoms with Crippen LogP contribution in [-0.4, -0.2) is 68.1 Å². The molecule has 6 heteroatoms. The van der Waals surface area contributed by atoms with Crippen molar-refractivity contribution in [1.82, 2.24) is 9.80 Å². The molecule has 1 N–H and O–H groups in total. The number of carbonyl (C=O) groups excluding carboxylic acids is 2. The molecule has 0 aromatic heterocycles. The number of carbonyl (C=O) groups is 2. The van der Waals surface area contributed by atoms with Gasteiger partial charge in [-0.2, -0.15) is 0 Å². The lowest BCUT2D eigenvalue weighted by atomic mass is 9.73. The molecule has 1 fully saturated rings. The molecule has 2 amide bonds. The summed E-state index contributed by atoms with van der Waals surface area (Å²) in [6, 6.07) is 7.82. The quantitative estimate of drug-likeness (QED) is 0.807. The van der Waals surface area contributed by atoms with Crippen molar-refractivity contribution >= 4 is 17.5 Å². The molecule has 1 saturated heterocycles. The number of para-hydroxylation sites is 1. The summed E-state index contributed by atoms with van der Waals surface area (Å²) in [7, 11) is 3.59. The fraction of sp³-hybridized carbons (Fsp3) is 0.600. The summed E-state index contributed by atoms with van der Waals surface area (Å²) in [6.07, 6.45) is 2.45. The molecule has 0 bridgehead atoms. The number of nitrogens with zero attached hydrogens (tertiary/aromatic N) is 2. The first-order valence-corrected chi connectivity index (χ1v) is 9.42. The van der Waals surface area contributed by atoms with Crippen molar-refractivity contribution in [2.45, 2.75) is 37.6 Å². The Hall–Kier alpha value is -1.92. The van der Waals surface area contributed by atoms with E-state index in [1.807, 2.05) is 41.1 Å². The van der Waals surface area contributed by atoms with Crippen molar-refractivity contribution < 1.29 is 14.3 Å². The van der Waals surface area contributed by atoms with Crippen LogP contribution < -0.4 is 5.32 Å². The van der Waals surface area contributed by atoms with Gasteiger partial charge in [-0.15, -0.1) is 0 Å². The third-order valence-electron chi connectivity index (χ3n) is 5.72. The van der Waals surface area contributed by atoms with Gasteiger partial charge in [-0.05, 0) is 31.5 Å². The second-order valence-electron chi connectivity index (χ2n) is 7.34. The molecule has 6 nitrogen and oxygen atoms in total. The summed E-state index contributed by atoms with van der Waals surface area (Å²) in [5.41, 5.74) is 1.34. The molecule has 0 aliphatic carbocycles. The average Bonchev–Trinajstić information content (AvgIpc) is 3.14. The standard InChI is InChI=1S/C20H29N3O3/c1-4-7-17-20(15-8-5-6-9-16(15)21-19(20)25)10-11-23(17)18(24)14-22(2)12-13-26-3/h5-6,8-9,17H,4,7,10-14H2,1-3H3,(H,21,25)/t17-,20-/m0/s1. The molecule has 2 aliphatic rings. The van der Waals surface area contributed by atoms with Crippen LogP contribution in [0.3, 0.4) is 0 Å². The number of rotatable bonds is 7. The Morgan fingerprint density at radius 3 is 2.92 bits per heavy atom. The monoisotopic (exact) mass is 359 g/mol. The van der Waals surface area contributed by atoms with Crippen LogP contribution in [0.25, 0.3) is 0 Å². The Morgan fingerprint density at radius 2 is 2.19 bits per heavy atom. The predicted octanol–water partition coefficient (Wildman–Crippen LogP) is 1.86. The van der Waals surface area contributed by atoms with Gasteiger partial charge in [0.15, 0.2) is 0 Å². The number of benzene rings is 1. The fourth-order valence-electron chi connectivity index (χ4n) is 4.42. The molecule has 1 aromatic rings. The van der Waals surface area contributed by atoms with Gasteiger partial charge in [0.2, 0.25) is 11.8 Å². The number of methoxy groups -OCH3 is 1. The van der Waals surface area contributed by atoms with E-state index in [1.54, 1.807) is 7.11 Å². The van der Waals surface area contributed by atoms with Gasteiger partial charge in [-0.3, -0.25) is 14.5 Å². The number of hydrogen-bond donors (Lipinski definition) is 1. The molecule has 0 saturated carbocycles. The van der Waals surface area contributed by atoms with E-state index in [1.165, 1.54) is 0 Å². The number of likely N-dealkylation sites (N-methyl/N-ethyl adjacent to an activating group) is 1. The summed E-state index contributed by atoms with van der Waals surface area (Å²) < 4.78 is 5.09. The van der Waals surface area contributed by atoms with Crippen molar-refractivity contribution in [3.8, 4) is 0 Å². The minimum atomic E-state index is -0.604. The summed E-state index contributed by atoms with van der Waals surface area (Å²) >= 11 is 0. The van der Waals surface area contributed by atoms with E-state index in [0.717, 1.165) is 24.1 Å². The summed E-state index contributed by atoms with van der Waals surface area (Å²) in [5.74, 6) is 0.135. The van der Waals surface area contributed by atoms with Crippen LogP contribution in [0.1, 0.15) is 31.7 Å². The zero-order valence-corrected chi connectivity index (χ0v) is 16.0. The molecule has 142 valence electrons. The van der Waals surface area contributed by atoms with E-state index in [2.05, 4.69) is 12.2 Å². The van der Waals surface area contributed by atoms with Crippen LogP contribution in [0.15, 0.2) is 24.3 Å². The smallest absolute Gasteiger partial charge is 0.237 e. The van der Waals surface area contributed by atoms with Gasteiger partial charge in [0.25, 0.3) is 0 Å². The number of ether oxygens (including phenoxy) is 1. The van der Waals surface area contributed by atoms with Crippen LogP contribution in [0.2, 0.25) is 0 Å². The Bertz CT molecular complexity index is 678. The maximum Gasteiger partial charge on any atom is 0.237 e. The lowest BCUT2D eigenvalue weighted by molar-refractivity contribution is -0.134. The van der Waals surface area contributed by atoms with E-state index >= 15 is 0 Å². The lowest BCUT2D eigenvalue weighted by Crippen LogP contribution is -2.50. The van der Waals surface area contributed by atoms with Gasteiger partial charge in [0, 0.05) is 25.9 Å². The molecule has 0 unspecified atom stereocenters. The van der Waals surface area contributed by atoms with Crippen molar-refractivity contribution in [3.63, 3.8) is 0 Å². The summed E-state index contributed by atoms with van der Waals surface area (Å²) in [5, 5.41) is 3.04. The molecule has 26 heavy (non-hydrogen) atoms. The van der Waals surface area contributed by atoms with E-state index < -0.39 is 5.41 Å². The molecular formula is C20H29N3O3. The number of fused-ring (bicyclic) bond motifs is 2. The minimum absolute atomic E-state index is 0.0418. The van der Waals surface area contributed by atoms with Crippen molar-refractivity contribution in [2.75, 3.05) is 45.7 Å². The second-order valence-corrected chi connectivity index (χ2v) is 7.34. The van der Waals surface area contributed by atoms with Crippen molar-refractivity contribution in [2.24, 2.45) is 0 Å². The van der Waals surface area contributed by atoms with Gasteiger partial charge in [-0.1, -0.05) is 31.5 Å². The molecule has 2 heterocycles. The van der Waals surface area contributed by atoms with Crippen LogP contribution in [-0.2, 0) is 19.7 Å². The number of likely N-dealkylation sites (tertiary alicyclic amines) is 1. The van der Waals surface area contributed by atoms with E-state index in [9.17, 15) is 9.59 Å². The Kier molecular flexibility index (Phi) is 5.63. The van der Waals surface area contributed by atoms with E-state index in [0.29, 0.717) is 32.7 Å². The maximum absolute atomic E-state index is 13.0. The molecule has 2 aliphatic heterocycles. The zero-order chi connectivity index (χ0) is 18.7. The third-order valence-corrected chi connectivity index (χ3v) is 5.72. The van der Waals surface area contributed by atoms with Crippen molar-refractivity contribution in [1.29, 1.82) is 0 Å². The molecular weight excluding hydrogens is 330 g/mol. The number of hydrogen-bond acceptors (Lipinski definition) is 4. The molecule has 1 aromatic carbocycles. The average molecular weight is 359 g/mol. The van der Waals surface area contributed by atoms with Crippen LogP contribution in [0.5, 0.6) is 0 Å². The highest BCUT2D eigenvalue weighted by atomic mass is 16.5. The summed E-state index contributed by atoms with van der Waals surface area (Å²) in [6.45, 7) is 4.40. The van der Waals surface area contributed by atoms with Gasteiger partial charge in [0.1, 0.15) is 0 Å². The fourth-order valence-corrected chi connectivity index (χ4v) is 4.42. The highest BCUT2D eigenvalue weighted by Gasteiger charge is 2.58. The van der Waals surface area contributed by atoms with Gasteiger partial charge < -0.3 is 15.0 Å². The second kappa shape index (κ2) is 7.76. The maximum atomic E-state index is 13.0. The predicted molar refractivity (Wildman–Crippen MR) is 101 cm³/mol. The number of anilines is 1. The van der Waals surface area contributed by atoms with Crippen LogP contribution >= 0.6 is 0 Å². The molecule has 3 rings (SSSR count). The first-order chi connectivity index (χ1) is 12.5. The molecule has 2 atom stereocenters. The lowest BCUT2D eigenvalue weighted by Gasteiger charge is -2.34. The Labute approximate surface area is 155 Å². The zero-order valence-electron chi connectivity index (χ0n) is 16.0. The van der Waals surface area contributed by atoms with E-state index in [4.69, 9.17) is 4.74 Å². The molecule has 1 spiro atoms. The van der Waals surface area contributed by atoms with Gasteiger partial charge >= 0.3 is 0 Å². The SMILES string of the molecule is CCC[C@@H]1N(C(=O)CN(C)CCOC)CC[C@@]12C(=O)Nc1ccccc12. The van der Waals surface area contributed by atoms with Gasteiger partial charge in [0.05, 0.1) is 24.6 Å². The first-order valence-electron chi connectivity index (χ1n) is 9.42. The first kappa shape index (κ1) is 18.9. The molecule has 0 radical (unpaired) electrons. The largest absolute Gasteiger partial charge is 0.383 e. The van der Waals surface area contributed by atoms with Gasteiger partial charge in [-0.25, -0.2) is 0 Å². The topological polar surface area (TPSA) is 61.9 Å². The van der Waals surface area contributed by atoms with Crippen molar-refractivity contribution in [3.05, 3.63) is 29.8 Å². The Morgan fingerprint density at radius 1 is 1.42 bits per heavy atom. The normalized spacial score (nSPS) is 24.4. The highest BCUT2D eigenvalue weighted by molar-refractivity contribution is 6.07. The number of amides is 2. The number of nitrogens with one attached hydrogen (secondary N) is 1. The Balaban J connectivity index is 1.84.